The molecule has 3 aromatic rings. The van der Waals surface area contributed by atoms with E-state index in [9.17, 15) is 9.59 Å². The highest BCUT2D eigenvalue weighted by molar-refractivity contribution is 7.10. The van der Waals surface area contributed by atoms with Gasteiger partial charge in [0, 0.05) is 5.39 Å². The molecule has 0 aliphatic heterocycles. The van der Waals surface area contributed by atoms with E-state index < -0.39 is 0 Å². The molecule has 0 atom stereocenters. The number of aromatic amines is 1. The van der Waals surface area contributed by atoms with Gasteiger partial charge in [0.2, 0.25) is 0 Å². The molecule has 0 fully saturated rings. The van der Waals surface area contributed by atoms with Crippen LogP contribution in [-0.2, 0) is 0 Å². The van der Waals surface area contributed by atoms with Crippen molar-refractivity contribution in [2.75, 3.05) is 5.32 Å². The molecule has 2 heterocycles. The first kappa shape index (κ1) is 12.5. The smallest absolute Gasteiger partial charge is 0.277 e. The van der Waals surface area contributed by atoms with E-state index in [0.29, 0.717) is 15.8 Å². The van der Waals surface area contributed by atoms with Crippen molar-refractivity contribution < 1.29 is 4.79 Å². The average Bonchev–Trinajstić information content (AvgIpc) is 2.84. The largest absolute Gasteiger partial charge is 0.311 e. The van der Waals surface area contributed by atoms with Gasteiger partial charge in [0.05, 0.1) is 11.1 Å². The summed E-state index contributed by atoms with van der Waals surface area (Å²) in [7, 11) is 0. The maximum atomic E-state index is 12.2. The maximum Gasteiger partial charge on any atom is 0.277 e. The Balaban J connectivity index is 2.04. The number of anilines is 1. The Labute approximate surface area is 117 Å². The number of aromatic nitrogens is 3. The van der Waals surface area contributed by atoms with Gasteiger partial charge >= 0.3 is 0 Å². The Bertz CT molecular complexity index is 853. The van der Waals surface area contributed by atoms with Crippen LogP contribution in [-0.4, -0.2) is 20.5 Å². The zero-order valence-corrected chi connectivity index (χ0v) is 11.3. The minimum absolute atomic E-state index is 0.186. The molecule has 0 aliphatic carbocycles. The number of hydrogen-bond acceptors (Lipinski definition) is 5. The standard InChI is InChI=1S/C13H10N4O2S/c1-7-6-10(20-17-7)14-13(19)11-8-4-2-3-5-9(8)12(18)16-15-11/h2-6H,1H3,(H,14,19)(H,16,18). The first-order chi connectivity index (χ1) is 9.65. The molecule has 0 bridgehead atoms. The number of carbonyl (C=O) groups excluding carboxylic acids is 1. The summed E-state index contributed by atoms with van der Waals surface area (Å²) in [6.45, 7) is 1.85. The van der Waals surface area contributed by atoms with Gasteiger partial charge < -0.3 is 5.32 Å². The molecule has 0 aliphatic rings. The number of nitrogens with one attached hydrogen (secondary N) is 2. The SMILES string of the molecule is Cc1cc(NC(=O)c2n[nH]c(=O)c3ccccc23)sn1. The lowest BCUT2D eigenvalue weighted by molar-refractivity contribution is 0.102. The van der Waals surface area contributed by atoms with Crippen molar-refractivity contribution in [2.24, 2.45) is 0 Å². The van der Waals surface area contributed by atoms with Gasteiger partial charge in [0.25, 0.3) is 11.5 Å². The summed E-state index contributed by atoms with van der Waals surface area (Å²) < 4.78 is 4.09. The normalized spacial score (nSPS) is 10.7. The van der Waals surface area contributed by atoms with Crippen molar-refractivity contribution in [3.8, 4) is 0 Å². The molecule has 3 rings (SSSR count). The highest BCUT2D eigenvalue weighted by Crippen LogP contribution is 2.18. The second kappa shape index (κ2) is 4.86. The van der Waals surface area contributed by atoms with Crippen LogP contribution in [0.2, 0.25) is 0 Å². The van der Waals surface area contributed by atoms with Gasteiger partial charge in [-0.25, -0.2) is 5.10 Å². The number of nitrogens with zero attached hydrogens (tertiary/aromatic N) is 2. The number of amides is 1. The molecule has 2 N–H and O–H groups in total. The fraction of sp³-hybridized carbons (Fsp3) is 0.0769. The van der Waals surface area contributed by atoms with E-state index in [4.69, 9.17) is 0 Å². The van der Waals surface area contributed by atoms with Gasteiger partial charge in [-0.15, -0.1) is 0 Å². The van der Waals surface area contributed by atoms with Crippen LogP contribution in [0.15, 0.2) is 35.1 Å². The fourth-order valence-corrected chi connectivity index (χ4v) is 2.54. The second-order valence-corrected chi connectivity index (χ2v) is 5.04. The predicted octanol–water partition coefficient (Wildman–Crippen LogP) is 1.94. The Morgan fingerprint density at radius 2 is 2.05 bits per heavy atom. The van der Waals surface area contributed by atoms with Crippen molar-refractivity contribution in [1.82, 2.24) is 14.6 Å². The molecule has 1 amide bonds. The molecular formula is C13H10N4O2S. The van der Waals surface area contributed by atoms with Gasteiger partial charge in [-0.2, -0.15) is 9.47 Å². The third kappa shape index (κ3) is 2.19. The van der Waals surface area contributed by atoms with Crippen LogP contribution >= 0.6 is 11.5 Å². The zero-order chi connectivity index (χ0) is 14.1. The summed E-state index contributed by atoms with van der Waals surface area (Å²) in [6, 6.07) is 8.63. The highest BCUT2D eigenvalue weighted by Gasteiger charge is 2.14. The number of carbonyl (C=O) groups is 1. The van der Waals surface area contributed by atoms with Crippen molar-refractivity contribution in [3.05, 3.63) is 52.1 Å². The molecule has 0 unspecified atom stereocenters. The van der Waals surface area contributed by atoms with Crippen LogP contribution in [0.5, 0.6) is 0 Å². The fourth-order valence-electron chi connectivity index (χ4n) is 1.88. The van der Waals surface area contributed by atoms with Crippen LogP contribution in [0.1, 0.15) is 16.2 Å². The van der Waals surface area contributed by atoms with Crippen LogP contribution in [0.3, 0.4) is 0 Å². The van der Waals surface area contributed by atoms with Crippen molar-refractivity contribution >= 4 is 33.2 Å². The van der Waals surface area contributed by atoms with E-state index in [0.717, 1.165) is 5.69 Å². The lowest BCUT2D eigenvalue weighted by atomic mass is 10.1. The van der Waals surface area contributed by atoms with Crippen LogP contribution < -0.4 is 10.9 Å². The van der Waals surface area contributed by atoms with Crippen LogP contribution in [0.4, 0.5) is 5.00 Å². The summed E-state index contributed by atoms with van der Waals surface area (Å²) >= 11 is 1.20. The van der Waals surface area contributed by atoms with Gasteiger partial charge in [-0.1, -0.05) is 18.2 Å². The molecule has 2 aromatic heterocycles. The Morgan fingerprint density at radius 3 is 2.75 bits per heavy atom. The van der Waals surface area contributed by atoms with Gasteiger partial charge in [-0.3, -0.25) is 9.59 Å². The van der Waals surface area contributed by atoms with E-state index in [1.165, 1.54) is 11.5 Å². The molecule has 1 aromatic carbocycles. The maximum absolute atomic E-state index is 12.2. The quantitative estimate of drug-likeness (QED) is 0.753. The predicted molar refractivity (Wildman–Crippen MR) is 77.2 cm³/mol. The molecule has 20 heavy (non-hydrogen) atoms. The minimum atomic E-state index is -0.374. The third-order valence-electron chi connectivity index (χ3n) is 2.78. The lowest BCUT2D eigenvalue weighted by Crippen LogP contribution is -2.18. The van der Waals surface area contributed by atoms with Crippen molar-refractivity contribution in [2.45, 2.75) is 6.92 Å². The average molecular weight is 286 g/mol. The van der Waals surface area contributed by atoms with Gasteiger partial charge in [0.1, 0.15) is 5.00 Å². The van der Waals surface area contributed by atoms with Crippen LogP contribution in [0, 0.1) is 6.92 Å². The van der Waals surface area contributed by atoms with Gasteiger partial charge in [0.15, 0.2) is 5.69 Å². The Kier molecular flexibility index (Phi) is 3.03. The van der Waals surface area contributed by atoms with E-state index in [2.05, 4.69) is 19.9 Å². The van der Waals surface area contributed by atoms with Crippen molar-refractivity contribution in [1.29, 1.82) is 0 Å². The number of aryl methyl sites for hydroxylation is 1. The molecule has 0 saturated carbocycles. The van der Waals surface area contributed by atoms with Crippen molar-refractivity contribution in [3.63, 3.8) is 0 Å². The Hall–Kier alpha value is -2.54. The Morgan fingerprint density at radius 1 is 1.30 bits per heavy atom. The molecular weight excluding hydrogens is 276 g/mol. The van der Waals surface area contributed by atoms with E-state index >= 15 is 0 Å². The molecule has 0 saturated heterocycles. The summed E-state index contributed by atoms with van der Waals surface area (Å²) in [5.41, 5.74) is 0.710. The highest BCUT2D eigenvalue weighted by atomic mass is 32.1. The van der Waals surface area contributed by atoms with Crippen LogP contribution in [0.25, 0.3) is 10.8 Å². The summed E-state index contributed by atoms with van der Waals surface area (Å²) in [4.78, 5) is 23.9. The minimum Gasteiger partial charge on any atom is -0.311 e. The molecule has 0 radical (unpaired) electrons. The summed E-state index contributed by atoms with van der Waals surface area (Å²) in [5.74, 6) is -0.374. The first-order valence-electron chi connectivity index (χ1n) is 5.87. The number of fused-ring (bicyclic) bond motifs is 1. The van der Waals surface area contributed by atoms with E-state index in [1.807, 2.05) is 6.92 Å². The number of H-pyrrole nitrogens is 1. The summed E-state index contributed by atoms with van der Waals surface area (Å²) in [5, 5.41) is 10.5. The monoisotopic (exact) mass is 286 g/mol. The van der Waals surface area contributed by atoms with Gasteiger partial charge in [-0.05, 0) is 30.6 Å². The molecule has 6 nitrogen and oxygen atoms in total. The topological polar surface area (TPSA) is 87.7 Å². The van der Waals surface area contributed by atoms with E-state index in [1.54, 1.807) is 30.3 Å². The third-order valence-corrected chi connectivity index (χ3v) is 3.57. The summed E-state index contributed by atoms with van der Waals surface area (Å²) in [6.07, 6.45) is 0. The number of hydrogen-bond donors (Lipinski definition) is 2. The second-order valence-electron chi connectivity index (χ2n) is 4.23. The molecule has 7 heteroatoms. The molecule has 100 valence electrons. The van der Waals surface area contributed by atoms with E-state index in [-0.39, 0.29) is 17.2 Å². The first-order valence-corrected chi connectivity index (χ1v) is 6.64. The number of rotatable bonds is 2. The zero-order valence-electron chi connectivity index (χ0n) is 10.5. The number of benzene rings is 1. The lowest BCUT2D eigenvalue weighted by Gasteiger charge is -2.04. The molecule has 0 spiro atoms.